The van der Waals surface area contributed by atoms with E-state index < -0.39 is 0 Å². The van der Waals surface area contributed by atoms with Crippen LogP contribution in [0.1, 0.15) is 43.7 Å². The van der Waals surface area contributed by atoms with E-state index >= 15 is 0 Å². The second kappa shape index (κ2) is 7.27. The summed E-state index contributed by atoms with van der Waals surface area (Å²) in [6.07, 6.45) is 2.13. The second-order valence-electron chi connectivity index (χ2n) is 6.22. The molecule has 0 amide bonds. The van der Waals surface area contributed by atoms with Gasteiger partial charge in [-0.3, -0.25) is 4.57 Å². The van der Waals surface area contributed by atoms with Crippen LogP contribution in [0, 0.1) is 13.0 Å². The SMILES string of the molecule is CCC(CC)c1ccc(Cl)c2nc(Oc3c(C)c[c]cc3Cl)n(C)c12. The van der Waals surface area contributed by atoms with Gasteiger partial charge in [0.2, 0.25) is 0 Å². The van der Waals surface area contributed by atoms with Crippen molar-refractivity contribution >= 4 is 34.2 Å². The van der Waals surface area contributed by atoms with Gasteiger partial charge in [-0.05, 0) is 61.1 Å². The van der Waals surface area contributed by atoms with Gasteiger partial charge in [-0.25, -0.2) is 0 Å². The van der Waals surface area contributed by atoms with Crippen LogP contribution in [0.15, 0.2) is 24.3 Å². The predicted octanol–water partition coefficient (Wildman–Crippen LogP) is 6.68. The molecule has 3 nitrogen and oxygen atoms in total. The monoisotopic (exact) mass is 375 g/mol. The third-order valence-electron chi connectivity index (χ3n) is 4.67. The number of imidazole rings is 1. The third kappa shape index (κ3) is 3.23. The highest BCUT2D eigenvalue weighted by Crippen LogP contribution is 2.38. The molecular weight excluding hydrogens is 355 g/mol. The maximum Gasteiger partial charge on any atom is 0.302 e. The van der Waals surface area contributed by atoms with Crippen molar-refractivity contribution in [2.24, 2.45) is 7.05 Å². The molecule has 5 heteroatoms. The molecule has 0 aliphatic rings. The Morgan fingerprint density at radius 3 is 2.52 bits per heavy atom. The number of rotatable bonds is 5. The van der Waals surface area contributed by atoms with Crippen LogP contribution < -0.4 is 4.74 Å². The highest BCUT2D eigenvalue weighted by molar-refractivity contribution is 6.35. The van der Waals surface area contributed by atoms with E-state index in [9.17, 15) is 0 Å². The smallest absolute Gasteiger partial charge is 0.302 e. The lowest BCUT2D eigenvalue weighted by molar-refractivity contribution is 0.425. The molecule has 1 radical (unpaired) electrons. The maximum absolute atomic E-state index is 6.41. The molecule has 0 aliphatic heterocycles. The Kier molecular flexibility index (Phi) is 5.26. The molecule has 0 saturated heterocycles. The first-order chi connectivity index (χ1) is 12.0. The topological polar surface area (TPSA) is 27.1 Å². The first kappa shape index (κ1) is 18.1. The van der Waals surface area contributed by atoms with Crippen LogP contribution in [-0.2, 0) is 7.05 Å². The van der Waals surface area contributed by atoms with Gasteiger partial charge in [0, 0.05) is 7.05 Å². The quantitative estimate of drug-likeness (QED) is 0.496. The maximum atomic E-state index is 6.41. The van der Waals surface area contributed by atoms with Gasteiger partial charge in [0.05, 0.1) is 15.6 Å². The fraction of sp³-hybridized carbons (Fsp3) is 0.350. The number of benzene rings is 2. The van der Waals surface area contributed by atoms with Gasteiger partial charge < -0.3 is 4.74 Å². The van der Waals surface area contributed by atoms with Crippen LogP contribution >= 0.6 is 23.2 Å². The summed E-state index contributed by atoms with van der Waals surface area (Å²) < 4.78 is 8.01. The van der Waals surface area contributed by atoms with Crippen molar-refractivity contribution in [3.63, 3.8) is 0 Å². The number of halogens is 2. The van der Waals surface area contributed by atoms with E-state index in [2.05, 4.69) is 31.0 Å². The lowest BCUT2D eigenvalue weighted by Gasteiger charge is -2.15. The summed E-state index contributed by atoms with van der Waals surface area (Å²) in [5.74, 6) is 1.05. The van der Waals surface area contributed by atoms with Crippen LogP contribution in [0.4, 0.5) is 0 Å². The van der Waals surface area contributed by atoms with Crippen molar-refractivity contribution in [3.8, 4) is 11.8 Å². The summed E-state index contributed by atoms with van der Waals surface area (Å²) in [5.41, 5.74) is 3.94. The lowest BCUT2D eigenvalue weighted by atomic mass is 9.93. The molecule has 131 valence electrons. The largest absolute Gasteiger partial charge is 0.424 e. The number of hydrogen-bond acceptors (Lipinski definition) is 2. The third-order valence-corrected chi connectivity index (χ3v) is 5.25. The molecule has 0 atom stereocenters. The fourth-order valence-electron chi connectivity index (χ4n) is 3.22. The van der Waals surface area contributed by atoms with Gasteiger partial charge >= 0.3 is 6.01 Å². The zero-order chi connectivity index (χ0) is 18.1. The van der Waals surface area contributed by atoms with E-state index in [1.165, 1.54) is 5.56 Å². The second-order valence-corrected chi connectivity index (χ2v) is 7.03. The Balaban J connectivity index is 2.17. The molecule has 1 aromatic heterocycles. The van der Waals surface area contributed by atoms with Gasteiger partial charge in [-0.15, -0.1) is 0 Å². The van der Waals surface area contributed by atoms with Crippen molar-refractivity contribution in [3.05, 3.63) is 51.5 Å². The number of ether oxygens (including phenoxy) is 1. The van der Waals surface area contributed by atoms with Gasteiger partial charge in [-0.2, -0.15) is 4.98 Å². The van der Waals surface area contributed by atoms with E-state index in [0.717, 1.165) is 29.4 Å². The minimum Gasteiger partial charge on any atom is -0.424 e. The highest BCUT2D eigenvalue weighted by Gasteiger charge is 2.20. The van der Waals surface area contributed by atoms with Crippen molar-refractivity contribution < 1.29 is 4.74 Å². The Hall–Kier alpha value is -1.71. The molecule has 0 aliphatic carbocycles. The molecule has 1 heterocycles. The van der Waals surface area contributed by atoms with Crippen LogP contribution in [0.2, 0.25) is 10.0 Å². The standard InChI is InChI=1S/C20H21Cl2N2O/c1-5-13(6-2)14-10-11-15(21)17-18(14)24(4)20(23-17)25-19-12(3)8-7-9-16(19)22/h8-11,13H,5-6H2,1-4H3. The Bertz CT molecular complexity index is 893. The predicted molar refractivity (Wildman–Crippen MR) is 104 cm³/mol. The number of hydrogen-bond donors (Lipinski definition) is 0. The summed E-state index contributed by atoms with van der Waals surface area (Å²) in [5, 5.41) is 1.14. The van der Waals surface area contributed by atoms with Gasteiger partial charge in [-0.1, -0.05) is 43.1 Å². The van der Waals surface area contributed by atoms with E-state index in [0.29, 0.717) is 27.7 Å². The number of aromatic nitrogens is 2. The Morgan fingerprint density at radius 2 is 1.88 bits per heavy atom. The summed E-state index contributed by atoms with van der Waals surface area (Å²) in [7, 11) is 1.95. The van der Waals surface area contributed by atoms with Crippen molar-refractivity contribution in [1.82, 2.24) is 9.55 Å². The van der Waals surface area contributed by atoms with Crippen molar-refractivity contribution in [2.75, 3.05) is 0 Å². The summed E-state index contributed by atoms with van der Waals surface area (Å²) in [6, 6.07) is 11.0. The number of aryl methyl sites for hydroxylation is 2. The van der Waals surface area contributed by atoms with Crippen LogP contribution in [-0.4, -0.2) is 9.55 Å². The fourth-order valence-corrected chi connectivity index (χ4v) is 3.67. The number of nitrogens with zero attached hydrogens (tertiary/aromatic N) is 2. The van der Waals surface area contributed by atoms with Gasteiger partial charge in [0.15, 0.2) is 5.75 Å². The van der Waals surface area contributed by atoms with E-state index in [4.69, 9.17) is 27.9 Å². The Labute approximate surface area is 158 Å². The zero-order valence-corrected chi connectivity index (χ0v) is 16.4. The molecule has 0 fully saturated rings. The Morgan fingerprint density at radius 1 is 1.16 bits per heavy atom. The molecule has 0 unspecified atom stereocenters. The minimum absolute atomic E-state index is 0.458. The summed E-state index contributed by atoms with van der Waals surface area (Å²) in [4.78, 5) is 4.64. The number of fused-ring (bicyclic) bond motifs is 1. The van der Waals surface area contributed by atoms with Crippen molar-refractivity contribution in [1.29, 1.82) is 0 Å². The highest BCUT2D eigenvalue weighted by atomic mass is 35.5. The van der Waals surface area contributed by atoms with Crippen molar-refractivity contribution in [2.45, 2.75) is 39.5 Å². The molecule has 0 saturated carbocycles. The molecular formula is C20H21Cl2N2O. The average Bonchev–Trinajstić information content (AvgIpc) is 2.92. The molecule has 0 spiro atoms. The van der Waals surface area contributed by atoms with E-state index in [1.807, 2.05) is 30.7 Å². The van der Waals surface area contributed by atoms with Crippen LogP contribution in [0.5, 0.6) is 11.8 Å². The van der Waals surface area contributed by atoms with Crippen LogP contribution in [0.25, 0.3) is 11.0 Å². The molecule has 3 aromatic rings. The van der Waals surface area contributed by atoms with Gasteiger partial charge in [0.1, 0.15) is 5.52 Å². The molecule has 2 aromatic carbocycles. The van der Waals surface area contributed by atoms with E-state index in [1.54, 1.807) is 6.07 Å². The van der Waals surface area contributed by atoms with Gasteiger partial charge in [0.25, 0.3) is 0 Å². The first-order valence-electron chi connectivity index (χ1n) is 8.46. The molecule has 3 rings (SSSR count). The minimum atomic E-state index is 0.458. The first-order valence-corrected chi connectivity index (χ1v) is 9.22. The lowest BCUT2D eigenvalue weighted by Crippen LogP contribution is -2.01. The van der Waals surface area contributed by atoms with E-state index in [-0.39, 0.29) is 0 Å². The molecule has 25 heavy (non-hydrogen) atoms. The summed E-state index contributed by atoms with van der Waals surface area (Å²) >= 11 is 12.7. The normalized spacial score (nSPS) is 11.5. The average molecular weight is 376 g/mol. The summed E-state index contributed by atoms with van der Waals surface area (Å²) in [6.45, 7) is 6.33. The zero-order valence-electron chi connectivity index (χ0n) is 14.9. The molecule has 0 bridgehead atoms. The molecule has 0 N–H and O–H groups in total. The van der Waals surface area contributed by atoms with Crippen LogP contribution in [0.3, 0.4) is 0 Å².